The fraction of sp³-hybridized carbons (Fsp3) is 0.542. The molecule has 3 fully saturated rings. The highest BCUT2D eigenvalue weighted by molar-refractivity contribution is 5.60. The number of benzene rings is 1. The molecule has 5 rings (SSSR count). The topological polar surface area (TPSA) is 76.9 Å². The van der Waals surface area contributed by atoms with Crippen molar-refractivity contribution in [1.82, 2.24) is 14.9 Å². The highest BCUT2D eigenvalue weighted by atomic mass is 19.1. The van der Waals surface area contributed by atoms with Gasteiger partial charge in [0.25, 0.3) is 0 Å². The molecule has 2 N–H and O–H groups in total. The number of rotatable bonds is 6. The van der Waals surface area contributed by atoms with Crippen molar-refractivity contribution in [3.63, 3.8) is 0 Å². The second kappa shape index (κ2) is 8.80. The van der Waals surface area contributed by atoms with Crippen LogP contribution in [0.25, 0.3) is 0 Å². The average molecular weight is 421 g/mol. The van der Waals surface area contributed by atoms with Crippen molar-refractivity contribution >= 4 is 17.5 Å². The Kier molecular flexibility index (Phi) is 5.73. The van der Waals surface area contributed by atoms with Crippen LogP contribution in [0.4, 0.5) is 21.8 Å². The maximum atomic E-state index is 14.4. The number of fused-ring (bicyclic) bond motifs is 1. The van der Waals surface area contributed by atoms with Gasteiger partial charge in [0.05, 0.1) is 17.8 Å². The zero-order valence-electron chi connectivity index (χ0n) is 17.8. The van der Waals surface area contributed by atoms with Crippen LogP contribution in [0.15, 0.2) is 24.4 Å². The van der Waals surface area contributed by atoms with E-state index in [-0.39, 0.29) is 5.82 Å². The highest BCUT2D eigenvalue weighted by Gasteiger charge is 2.33. The van der Waals surface area contributed by atoms with Gasteiger partial charge in [-0.05, 0) is 81.1 Å². The SMILES string of the molecule is N#Cc1cc(Nc2ncc(F)c(NCC3CCCN4CCCCC34)n2)ccc1C1CC1. The number of anilines is 3. The number of hydrogen-bond donors (Lipinski definition) is 2. The Morgan fingerprint density at radius 1 is 1.13 bits per heavy atom. The number of aromatic nitrogens is 2. The van der Waals surface area contributed by atoms with Gasteiger partial charge in [-0.1, -0.05) is 12.5 Å². The fourth-order valence-corrected chi connectivity index (χ4v) is 5.20. The van der Waals surface area contributed by atoms with E-state index < -0.39 is 5.82 Å². The Balaban J connectivity index is 1.26. The molecule has 1 saturated carbocycles. The summed E-state index contributed by atoms with van der Waals surface area (Å²) in [7, 11) is 0. The normalized spacial score (nSPS) is 23.6. The van der Waals surface area contributed by atoms with Crippen molar-refractivity contribution in [1.29, 1.82) is 5.26 Å². The zero-order valence-corrected chi connectivity index (χ0v) is 17.8. The molecule has 2 aromatic rings. The Morgan fingerprint density at radius 2 is 2.00 bits per heavy atom. The Bertz CT molecular complexity index is 981. The zero-order chi connectivity index (χ0) is 21.2. The largest absolute Gasteiger partial charge is 0.367 e. The first kappa shape index (κ1) is 20.2. The van der Waals surface area contributed by atoms with E-state index in [0.29, 0.717) is 29.4 Å². The maximum Gasteiger partial charge on any atom is 0.229 e. The van der Waals surface area contributed by atoms with Gasteiger partial charge in [0.15, 0.2) is 11.6 Å². The smallest absolute Gasteiger partial charge is 0.229 e. The molecule has 0 radical (unpaired) electrons. The summed E-state index contributed by atoms with van der Waals surface area (Å²) >= 11 is 0. The van der Waals surface area contributed by atoms with Crippen LogP contribution in [0.5, 0.6) is 0 Å². The molecule has 2 unspecified atom stereocenters. The summed E-state index contributed by atoms with van der Waals surface area (Å²) in [5, 5.41) is 15.8. The maximum absolute atomic E-state index is 14.4. The lowest BCUT2D eigenvalue weighted by molar-refractivity contribution is 0.0648. The minimum atomic E-state index is -0.441. The van der Waals surface area contributed by atoms with E-state index in [1.165, 1.54) is 51.4 Å². The van der Waals surface area contributed by atoms with Crippen LogP contribution in [-0.4, -0.2) is 40.5 Å². The number of nitriles is 1. The lowest BCUT2D eigenvalue weighted by Gasteiger charge is -2.44. The molecule has 1 aliphatic carbocycles. The minimum Gasteiger partial charge on any atom is -0.367 e. The second-order valence-electron chi connectivity index (χ2n) is 9.09. The lowest BCUT2D eigenvalue weighted by atomic mass is 9.83. The van der Waals surface area contributed by atoms with Crippen molar-refractivity contribution in [2.24, 2.45) is 5.92 Å². The van der Waals surface area contributed by atoms with Crippen LogP contribution < -0.4 is 10.6 Å². The summed E-state index contributed by atoms with van der Waals surface area (Å²) in [6, 6.07) is 8.65. The molecule has 2 saturated heterocycles. The van der Waals surface area contributed by atoms with Crippen molar-refractivity contribution in [2.75, 3.05) is 30.3 Å². The first-order valence-corrected chi connectivity index (χ1v) is 11.5. The molecular weight excluding hydrogens is 391 g/mol. The molecule has 3 heterocycles. The Labute approximate surface area is 182 Å². The first-order valence-electron chi connectivity index (χ1n) is 11.5. The number of nitrogens with one attached hydrogen (secondary N) is 2. The Morgan fingerprint density at radius 3 is 2.84 bits per heavy atom. The quantitative estimate of drug-likeness (QED) is 0.700. The van der Waals surface area contributed by atoms with E-state index in [0.717, 1.165) is 30.6 Å². The van der Waals surface area contributed by atoms with Gasteiger partial charge in [0.1, 0.15) is 0 Å². The number of halogens is 1. The highest BCUT2D eigenvalue weighted by Crippen LogP contribution is 2.42. The van der Waals surface area contributed by atoms with Gasteiger partial charge in [0.2, 0.25) is 5.95 Å². The van der Waals surface area contributed by atoms with Gasteiger partial charge in [-0.3, -0.25) is 0 Å². The minimum absolute atomic E-state index is 0.237. The van der Waals surface area contributed by atoms with Gasteiger partial charge >= 0.3 is 0 Å². The van der Waals surface area contributed by atoms with E-state index in [1.807, 2.05) is 18.2 Å². The summed E-state index contributed by atoms with van der Waals surface area (Å²) in [6.07, 6.45) is 9.71. The molecule has 2 aliphatic heterocycles. The molecule has 0 bridgehead atoms. The number of nitrogens with zero attached hydrogens (tertiary/aromatic N) is 4. The first-order chi connectivity index (χ1) is 15.2. The molecule has 0 amide bonds. The van der Waals surface area contributed by atoms with Crippen molar-refractivity contribution in [3.05, 3.63) is 41.3 Å². The molecule has 1 aromatic heterocycles. The van der Waals surface area contributed by atoms with Gasteiger partial charge in [0, 0.05) is 18.3 Å². The fourth-order valence-electron chi connectivity index (χ4n) is 5.20. The summed E-state index contributed by atoms with van der Waals surface area (Å²) in [6.45, 7) is 3.12. The summed E-state index contributed by atoms with van der Waals surface area (Å²) < 4.78 is 14.4. The number of hydrogen-bond acceptors (Lipinski definition) is 6. The monoisotopic (exact) mass is 420 g/mol. The van der Waals surface area contributed by atoms with Gasteiger partial charge < -0.3 is 15.5 Å². The molecule has 0 spiro atoms. The summed E-state index contributed by atoms with van der Waals surface area (Å²) in [5.74, 6) is 1.16. The van der Waals surface area contributed by atoms with E-state index in [9.17, 15) is 9.65 Å². The molecule has 2 atom stereocenters. The number of piperidine rings is 2. The van der Waals surface area contributed by atoms with E-state index >= 15 is 0 Å². The van der Waals surface area contributed by atoms with Crippen molar-refractivity contribution in [2.45, 2.75) is 56.9 Å². The standard InChI is InChI=1S/C24H29FN6/c25-21-15-28-24(29-19-8-9-20(16-6-7-16)18(12-19)13-26)30-23(21)27-14-17-4-3-11-31-10-2-1-5-22(17)31/h8-9,12,15-17,22H,1-7,10-11,14H2,(H2,27,28,29,30). The Hall–Kier alpha value is -2.72. The summed E-state index contributed by atoms with van der Waals surface area (Å²) in [4.78, 5) is 11.1. The van der Waals surface area contributed by atoms with Crippen molar-refractivity contribution < 1.29 is 4.39 Å². The van der Waals surface area contributed by atoms with Gasteiger partial charge in [-0.2, -0.15) is 10.2 Å². The van der Waals surface area contributed by atoms with Crippen molar-refractivity contribution in [3.8, 4) is 6.07 Å². The van der Waals surface area contributed by atoms with Crippen LogP contribution in [0.2, 0.25) is 0 Å². The lowest BCUT2D eigenvalue weighted by Crippen LogP contribution is -2.49. The molecular formula is C24H29FN6. The van der Waals surface area contributed by atoms with E-state index in [2.05, 4.69) is 31.6 Å². The van der Waals surface area contributed by atoms with Crippen LogP contribution in [0, 0.1) is 23.1 Å². The van der Waals surface area contributed by atoms with Crippen LogP contribution >= 0.6 is 0 Å². The van der Waals surface area contributed by atoms with Crippen LogP contribution in [-0.2, 0) is 0 Å². The second-order valence-corrected chi connectivity index (χ2v) is 9.09. The molecule has 162 valence electrons. The van der Waals surface area contributed by atoms with Gasteiger partial charge in [-0.25, -0.2) is 9.37 Å². The summed E-state index contributed by atoms with van der Waals surface area (Å²) in [5.41, 5.74) is 2.53. The third-order valence-corrected chi connectivity index (χ3v) is 6.95. The molecule has 1 aromatic carbocycles. The van der Waals surface area contributed by atoms with Gasteiger partial charge in [-0.15, -0.1) is 0 Å². The van der Waals surface area contributed by atoms with E-state index in [4.69, 9.17) is 0 Å². The molecule has 31 heavy (non-hydrogen) atoms. The van der Waals surface area contributed by atoms with Crippen LogP contribution in [0.1, 0.15) is 62.0 Å². The average Bonchev–Trinajstić information content (AvgIpc) is 3.64. The molecule has 6 nitrogen and oxygen atoms in total. The molecule has 7 heteroatoms. The predicted octanol–water partition coefficient (Wildman–Crippen LogP) is 4.78. The third-order valence-electron chi connectivity index (χ3n) is 6.95. The van der Waals surface area contributed by atoms with Crippen LogP contribution in [0.3, 0.4) is 0 Å². The predicted molar refractivity (Wildman–Crippen MR) is 119 cm³/mol. The van der Waals surface area contributed by atoms with E-state index in [1.54, 1.807) is 0 Å². The molecule has 3 aliphatic rings. The third kappa shape index (κ3) is 4.49.